The first-order chi connectivity index (χ1) is 11.0. The molecular formula is C15H20ClN5O2. The van der Waals surface area contributed by atoms with Crippen LogP contribution in [0.15, 0.2) is 24.3 Å². The molecule has 8 heteroatoms. The summed E-state index contributed by atoms with van der Waals surface area (Å²) in [6.45, 7) is 4.00. The van der Waals surface area contributed by atoms with E-state index in [-0.39, 0.29) is 31.0 Å². The number of halogens is 1. The zero-order valence-corrected chi connectivity index (χ0v) is 13.9. The number of carbonyl (C=O) groups excluding carboxylic acids is 1. The first-order valence-corrected chi connectivity index (χ1v) is 7.81. The average molecular weight is 338 g/mol. The lowest BCUT2D eigenvalue weighted by atomic mass is 10.0. The smallest absolute Gasteiger partial charge is 0.243 e. The van der Waals surface area contributed by atoms with Crippen molar-refractivity contribution in [3.05, 3.63) is 29.3 Å². The van der Waals surface area contributed by atoms with Gasteiger partial charge in [-0.3, -0.25) is 4.79 Å². The van der Waals surface area contributed by atoms with Gasteiger partial charge in [-0.25, -0.2) is 0 Å². The highest BCUT2D eigenvalue weighted by Gasteiger charge is 2.17. The van der Waals surface area contributed by atoms with Crippen molar-refractivity contribution in [1.29, 1.82) is 0 Å². The molecule has 2 N–H and O–H groups in total. The molecular weight excluding hydrogens is 318 g/mol. The van der Waals surface area contributed by atoms with Gasteiger partial charge in [-0.05, 0) is 41.8 Å². The predicted molar refractivity (Wildman–Crippen MR) is 86.7 cm³/mol. The van der Waals surface area contributed by atoms with Crippen molar-refractivity contribution in [2.45, 2.75) is 32.9 Å². The molecule has 0 aliphatic heterocycles. The summed E-state index contributed by atoms with van der Waals surface area (Å²) in [6, 6.07) is 6.99. The summed E-state index contributed by atoms with van der Waals surface area (Å²) in [5.41, 5.74) is 0.779. The Morgan fingerprint density at radius 3 is 2.65 bits per heavy atom. The summed E-state index contributed by atoms with van der Waals surface area (Å²) in [5, 5.41) is 24.6. The van der Waals surface area contributed by atoms with E-state index in [1.54, 1.807) is 24.3 Å². The third-order valence-electron chi connectivity index (χ3n) is 3.43. The van der Waals surface area contributed by atoms with E-state index in [4.69, 9.17) is 16.7 Å². The number of amides is 1. The van der Waals surface area contributed by atoms with Crippen molar-refractivity contribution in [3.63, 3.8) is 0 Å². The van der Waals surface area contributed by atoms with Crippen molar-refractivity contribution in [1.82, 2.24) is 25.5 Å². The van der Waals surface area contributed by atoms with Crippen LogP contribution in [0.2, 0.25) is 5.02 Å². The highest BCUT2D eigenvalue weighted by atomic mass is 35.5. The molecule has 1 aromatic heterocycles. The minimum absolute atomic E-state index is 0.0186. The summed E-state index contributed by atoms with van der Waals surface area (Å²) in [4.78, 5) is 13.3. The van der Waals surface area contributed by atoms with Gasteiger partial charge in [-0.2, -0.15) is 4.80 Å². The zero-order valence-electron chi connectivity index (χ0n) is 13.1. The van der Waals surface area contributed by atoms with Gasteiger partial charge < -0.3 is 10.4 Å². The van der Waals surface area contributed by atoms with Crippen molar-refractivity contribution < 1.29 is 9.90 Å². The molecule has 2 aromatic rings. The van der Waals surface area contributed by atoms with Gasteiger partial charge in [0.15, 0.2) is 0 Å². The summed E-state index contributed by atoms with van der Waals surface area (Å²) < 4.78 is 0. The normalized spacial score (nSPS) is 12.4. The topological polar surface area (TPSA) is 92.9 Å². The molecule has 7 nitrogen and oxygen atoms in total. The average Bonchev–Trinajstić information content (AvgIpc) is 2.95. The van der Waals surface area contributed by atoms with Gasteiger partial charge in [-0.15, -0.1) is 10.2 Å². The molecule has 1 heterocycles. The summed E-state index contributed by atoms with van der Waals surface area (Å²) >= 11 is 5.84. The van der Waals surface area contributed by atoms with E-state index >= 15 is 0 Å². The Bertz CT molecular complexity index is 642. The Morgan fingerprint density at radius 2 is 2.04 bits per heavy atom. The second kappa shape index (κ2) is 8.03. The molecule has 0 saturated carbocycles. The largest absolute Gasteiger partial charge is 0.396 e. The van der Waals surface area contributed by atoms with E-state index in [0.29, 0.717) is 17.3 Å². The van der Waals surface area contributed by atoms with Crippen molar-refractivity contribution in [3.8, 4) is 11.4 Å². The van der Waals surface area contributed by atoms with E-state index in [1.807, 2.05) is 13.8 Å². The Morgan fingerprint density at radius 1 is 1.35 bits per heavy atom. The lowest BCUT2D eigenvalue weighted by molar-refractivity contribution is -0.123. The van der Waals surface area contributed by atoms with E-state index < -0.39 is 0 Å². The van der Waals surface area contributed by atoms with Crippen LogP contribution >= 0.6 is 11.6 Å². The molecule has 23 heavy (non-hydrogen) atoms. The summed E-state index contributed by atoms with van der Waals surface area (Å²) in [6.07, 6.45) is 0.518. The molecule has 0 aliphatic carbocycles. The van der Waals surface area contributed by atoms with Gasteiger partial charge in [0, 0.05) is 23.2 Å². The van der Waals surface area contributed by atoms with Gasteiger partial charge >= 0.3 is 0 Å². The first kappa shape index (κ1) is 17.4. The van der Waals surface area contributed by atoms with E-state index in [2.05, 4.69) is 20.7 Å². The molecule has 0 fully saturated rings. The quantitative estimate of drug-likeness (QED) is 0.799. The number of rotatable bonds is 7. The Kier molecular flexibility index (Phi) is 6.06. The van der Waals surface area contributed by atoms with Crippen molar-refractivity contribution in [2.75, 3.05) is 6.61 Å². The van der Waals surface area contributed by atoms with Crippen LogP contribution in [0.1, 0.15) is 20.3 Å². The van der Waals surface area contributed by atoms with Crippen molar-refractivity contribution in [2.24, 2.45) is 5.92 Å². The third-order valence-corrected chi connectivity index (χ3v) is 3.68. The standard InChI is InChI=1S/C15H20ClN5O2/c1-10(2)13(7-8-22)17-14(23)9-21-19-15(18-20-21)11-3-5-12(16)6-4-11/h3-6,10,13,22H,7-9H2,1-2H3,(H,17,23). The van der Waals surface area contributed by atoms with Crippen LogP contribution in [0.3, 0.4) is 0 Å². The number of aliphatic hydroxyl groups excluding tert-OH is 1. The minimum Gasteiger partial charge on any atom is -0.396 e. The van der Waals surface area contributed by atoms with Crippen LogP contribution in [0, 0.1) is 5.92 Å². The number of aromatic nitrogens is 4. The number of tetrazole rings is 1. The molecule has 0 aliphatic rings. The monoisotopic (exact) mass is 337 g/mol. The number of hydrogen-bond donors (Lipinski definition) is 2. The Balaban J connectivity index is 1.98. The summed E-state index contributed by atoms with van der Waals surface area (Å²) in [5.74, 6) is 0.460. The lowest BCUT2D eigenvalue weighted by Crippen LogP contribution is -2.41. The molecule has 1 atom stereocenters. The van der Waals surface area contributed by atoms with Gasteiger partial charge in [0.05, 0.1) is 0 Å². The maximum atomic E-state index is 12.1. The maximum absolute atomic E-state index is 12.1. The van der Waals surface area contributed by atoms with Crippen LogP contribution in [-0.4, -0.2) is 43.9 Å². The van der Waals surface area contributed by atoms with E-state index in [9.17, 15) is 4.79 Å². The number of aliphatic hydroxyl groups is 1. The Hall–Kier alpha value is -1.99. The zero-order chi connectivity index (χ0) is 16.8. The van der Waals surface area contributed by atoms with Gasteiger partial charge in [0.1, 0.15) is 6.54 Å². The predicted octanol–water partition coefficient (Wildman–Crippen LogP) is 1.52. The van der Waals surface area contributed by atoms with Crippen LogP contribution in [-0.2, 0) is 11.3 Å². The first-order valence-electron chi connectivity index (χ1n) is 7.43. The molecule has 1 amide bonds. The van der Waals surface area contributed by atoms with E-state index in [1.165, 1.54) is 4.80 Å². The third kappa shape index (κ3) is 5.01. The van der Waals surface area contributed by atoms with Crippen molar-refractivity contribution >= 4 is 17.5 Å². The molecule has 0 bridgehead atoms. The molecule has 2 rings (SSSR count). The minimum atomic E-state index is -0.211. The fourth-order valence-electron chi connectivity index (χ4n) is 2.12. The molecule has 0 radical (unpaired) electrons. The molecule has 0 saturated heterocycles. The van der Waals surface area contributed by atoms with Crippen LogP contribution in [0.25, 0.3) is 11.4 Å². The van der Waals surface area contributed by atoms with Gasteiger partial charge in [0.2, 0.25) is 11.7 Å². The molecule has 1 aromatic carbocycles. The number of nitrogens with zero attached hydrogens (tertiary/aromatic N) is 4. The molecule has 1 unspecified atom stereocenters. The van der Waals surface area contributed by atoms with E-state index in [0.717, 1.165) is 5.56 Å². The van der Waals surface area contributed by atoms with Crippen LogP contribution in [0.4, 0.5) is 0 Å². The fraction of sp³-hybridized carbons (Fsp3) is 0.467. The van der Waals surface area contributed by atoms with Gasteiger partial charge in [0.25, 0.3) is 0 Å². The number of nitrogens with one attached hydrogen (secondary N) is 1. The second-order valence-corrected chi connectivity index (χ2v) is 6.02. The van der Waals surface area contributed by atoms with Gasteiger partial charge in [-0.1, -0.05) is 25.4 Å². The highest BCUT2D eigenvalue weighted by Crippen LogP contribution is 2.16. The number of benzene rings is 1. The SMILES string of the molecule is CC(C)C(CCO)NC(=O)Cn1nnc(-c2ccc(Cl)cc2)n1. The fourth-order valence-corrected chi connectivity index (χ4v) is 2.24. The van der Waals surface area contributed by atoms with Crippen LogP contribution < -0.4 is 5.32 Å². The molecule has 0 spiro atoms. The number of hydrogen-bond acceptors (Lipinski definition) is 5. The highest BCUT2D eigenvalue weighted by molar-refractivity contribution is 6.30. The van der Waals surface area contributed by atoms with Crippen LogP contribution in [0.5, 0.6) is 0 Å². The number of carbonyl (C=O) groups is 1. The maximum Gasteiger partial charge on any atom is 0.243 e. The molecule has 124 valence electrons. The Labute approximate surface area is 139 Å². The second-order valence-electron chi connectivity index (χ2n) is 5.58. The summed E-state index contributed by atoms with van der Waals surface area (Å²) in [7, 11) is 0. The lowest BCUT2D eigenvalue weighted by Gasteiger charge is -2.21.